The number of hydrogen-bond acceptors (Lipinski definition) is 8. The lowest BCUT2D eigenvalue weighted by Gasteiger charge is -2.28. The van der Waals surface area contributed by atoms with Crippen LogP contribution in [0.3, 0.4) is 0 Å². The van der Waals surface area contributed by atoms with E-state index < -0.39 is 12.0 Å². The van der Waals surface area contributed by atoms with Crippen LogP contribution in [-0.4, -0.2) is 39.7 Å². The largest absolute Gasteiger partial charge is 0.490 e. The van der Waals surface area contributed by atoms with Crippen LogP contribution in [-0.2, 0) is 16.1 Å². The second-order valence-electron chi connectivity index (χ2n) is 7.94. The normalized spacial score (nSPS) is 14.8. The van der Waals surface area contributed by atoms with E-state index in [1.165, 1.54) is 0 Å². The third-order valence-corrected chi connectivity index (χ3v) is 6.74. The average molecular weight is 574 g/mol. The Morgan fingerprint density at radius 3 is 2.56 bits per heavy atom. The maximum atomic E-state index is 13.0. The minimum Gasteiger partial charge on any atom is -0.490 e. The molecule has 8 nitrogen and oxygen atoms in total. The number of ether oxygens (including phenoxy) is 3. The van der Waals surface area contributed by atoms with Gasteiger partial charge in [-0.25, -0.2) is 9.48 Å². The number of anilines is 1. The molecule has 36 heavy (non-hydrogen) atoms. The van der Waals surface area contributed by atoms with E-state index in [0.717, 1.165) is 21.4 Å². The first-order chi connectivity index (χ1) is 17.4. The van der Waals surface area contributed by atoms with Crippen LogP contribution < -0.4 is 14.8 Å². The van der Waals surface area contributed by atoms with Crippen LogP contribution in [0.1, 0.15) is 44.9 Å². The van der Waals surface area contributed by atoms with Crippen LogP contribution in [0, 0.1) is 0 Å². The second kappa shape index (κ2) is 11.8. The zero-order valence-electron chi connectivity index (χ0n) is 20.7. The fraction of sp³-hybridized carbons (Fsp3) is 0.346. The van der Waals surface area contributed by atoms with E-state index >= 15 is 0 Å². The first-order valence-electron chi connectivity index (χ1n) is 11.8. The van der Waals surface area contributed by atoms with Crippen LogP contribution in [0.25, 0.3) is 0 Å². The van der Waals surface area contributed by atoms with E-state index in [1.54, 1.807) is 23.4 Å². The Morgan fingerprint density at radius 2 is 1.86 bits per heavy atom. The fourth-order valence-corrected chi connectivity index (χ4v) is 4.75. The molecule has 0 amide bonds. The fourth-order valence-electron chi connectivity index (χ4n) is 3.93. The van der Waals surface area contributed by atoms with E-state index in [1.807, 2.05) is 63.2 Å². The summed E-state index contributed by atoms with van der Waals surface area (Å²) in [7, 11) is 0. The summed E-state index contributed by atoms with van der Waals surface area (Å²) < 4.78 is 20.2. The van der Waals surface area contributed by atoms with Crippen molar-refractivity contribution in [3.05, 3.63) is 69.3 Å². The van der Waals surface area contributed by atoms with Gasteiger partial charge in [-0.2, -0.15) is 4.98 Å². The third kappa shape index (κ3) is 5.70. The molecule has 0 spiro atoms. The van der Waals surface area contributed by atoms with Gasteiger partial charge in [-0.3, -0.25) is 0 Å². The zero-order valence-corrected chi connectivity index (χ0v) is 23.1. The van der Waals surface area contributed by atoms with Crippen molar-refractivity contribution in [2.45, 2.75) is 45.5 Å². The van der Waals surface area contributed by atoms with Gasteiger partial charge >= 0.3 is 5.97 Å². The molecule has 0 bridgehead atoms. The van der Waals surface area contributed by atoms with Crippen molar-refractivity contribution in [3.63, 3.8) is 0 Å². The van der Waals surface area contributed by atoms with Crippen LogP contribution >= 0.6 is 27.7 Å². The molecule has 1 aliphatic rings. The Kier molecular flexibility index (Phi) is 8.58. The van der Waals surface area contributed by atoms with Crippen LogP contribution in [0.4, 0.5) is 5.95 Å². The summed E-state index contributed by atoms with van der Waals surface area (Å²) in [5, 5.41) is 8.55. The molecule has 190 valence electrons. The lowest BCUT2D eigenvalue weighted by molar-refractivity contribution is -0.139. The molecule has 2 heterocycles. The number of rotatable bonds is 10. The first kappa shape index (κ1) is 26.1. The number of esters is 1. The van der Waals surface area contributed by atoms with Crippen molar-refractivity contribution in [1.82, 2.24) is 14.8 Å². The summed E-state index contributed by atoms with van der Waals surface area (Å²) in [6.45, 7) is 8.76. The van der Waals surface area contributed by atoms with E-state index in [2.05, 4.69) is 26.2 Å². The molecule has 1 aromatic heterocycles. The van der Waals surface area contributed by atoms with Crippen molar-refractivity contribution in [2.75, 3.05) is 24.3 Å². The summed E-state index contributed by atoms with van der Waals surface area (Å²) in [5.74, 6) is 2.24. The molecule has 3 aromatic rings. The van der Waals surface area contributed by atoms with Gasteiger partial charge in [0.15, 0.2) is 11.5 Å². The maximum absolute atomic E-state index is 13.0. The molecule has 2 aromatic carbocycles. The molecular formula is C26H29BrN4O4S. The summed E-state index contributed by atoms with van der Waals surface area (Å²) in [4.78, 5) is 17.7. The van der Waals surface area contributed by atoms with Gasteiger partial charge in [0, 0.05) is 10.2 Å². The lowest BCUT2D eigenvalue weighted by atomic mass is 9.95. The van der Waals surface area contributed by atoms with Gasteiger partial charge in [0.2, 0.25) is 11.1 Å². The third-order valence-electron chi connectivity index (χ3n) is 5.49. The number of allylic oxidation sites excluding steroid dienone is 1. The predicted molar refractivity (Wildman–Crippen MR) is 144 cm³/mol. The van der Waals surface area contributed by atoms with Gasteiger partial charge < -0.3 is 19.5 Å². The van der Waals surface area contributed by atoms with Crippen molar-refractivity contribution < 1.29 is 19.0 Å². The summed E-state index contributed by atoms with van der Waals surface area (Å²) >= 11 is 5.00. The van der Waals surface area contributed by atoms with Crippen LogP contribution in [0.5, 0.6) is 11.5 Å². The second-order valence-corrected chi connectivity index (χ2v) is 10.1. The number of nitrogens with zero attached hydrogens (tertiary/aromatic N) is 3. The highest BCUT2D eigenvalue weighted by Gasteiger charge is 2.35. The van der Waals surface area contributed by atoms with E-state index in [4.69, 9.17) is 19.3 Å². The zero-order chi connectivity index (χ0) is 25.7. The molecule has 10 heteroatoms. The Labute approximate surface area is 223 Å². The smallest absolute Gasteiger partial charge is 0.338 e. The minimum atomic E-state index is -0.529. The molecule has 0 saturated carbocycles. The number of benzene rings is 2. The molecule has 0 fully saturated rings. The van der Waals surface area contributed by atoms with E-state index in [-0.39, 0.29) is 6.61 Å². The molecular weight excluding hydrogens is 544 g/mol. The predicted octanol–water partition coefficient (Wildman–Crippen LogP) is 5.98. The van der Waals surface area contributed by atoms with E-state index in [0.29, 0.717) is 47.1 Å². The van der Waals surface area contributed by atoms with Crippen molar-refractivity contribution in [2.24, 2.45) is 0 Å². The van der Waals surface area contributed by atoms with Crippen LogP contribution in [0.2, 0.25) is 0 Å². The topological polar surface area (TPSA) is 87.5 Å². The SMILES string of the molecule is CCOC(=O)C1=C(C)Nc2nc(SCC)nn2C1c1ccc(OCc2ccc(Br)cc2)c(OCC)c1. The molecule has 1 unspecified atom stereocenters. The van der Waals surface area contributed by atoms with Crippen LogP contribution in [0.15, 0.2) is 63.4 Å². The highest BCUT2D eigenvalue weighted by molar-refractivity contribution is 9.10. The molecule has 0 saturated heterocycles. The molecule has 0 radical (unpaired) electrons. The van der Waals surface area contributed by atoms with E-state index in [9.17, 15) is 4.79 Å². The number of carbonyl (C=O) groups is 1. The summed E-state index contributed by atoms with van der Waals surface area (Å²) in [6, 6.07) is 13.2. The summed E-state index contributed by atoms with van der Waals surface area (Å²) in [5.41, 5.74) is 3.02. The number of nitrogens with one attached hydrogen (secondary N) is 1. The average Bonchev–Trinajstić information content (AvgIpc) is 3.25. The first-order valence-corrected chi connectivity index (χ1v) is 13.6. The molecule has 1 atom stereocenters. The molecule has 4 rings (SSSR count). The highest BCUT2D eigenvalue weighted by Crippen LogP contribution is 2.40. The Hall–Kier alpha value is -2.98. The standard InChI is InChI=1S/C26H29BrN4O4S/c1-5-33-21-14-18(10-13-20(21)35-15-17-8-11-19(27)12-9-17)23-22(24(32)34-6-2)16(4)28-25-29-26(36-7-3)30-31(23)25/h8-14,23H,5-7,15H2,1-4H3,(H,28,29,30). The number of aromatic nitrogens is 3. The van der Waals surface area contributed by atoms with Crippen molar-refractivity contribution in [1.29, 1.82) is 0 Å². The Balaban J connectivity index is 1.72. The molecule has 1 N–H and O–H groups in total. The van der Waals surface area contributed by atoms with Gasteiger partial charge in [0.25, 0.3) is 0 Å². The number of halogens is 1. The van der Waals surface area contributed by atoms with Crippen molar-refractivity contribution in [3.8, 4) is 11.5 Å². The highest BCUT2D eigenvalue weighted by atomic mass is 79.9. The Morgan fingerprint density at radius 1 is 1.08 bits per heavy atom. The van der Waals surface area contributed by atoms with Gasteiger partial charge in [-0.1, -0.05) is 52.8 Å². The Bertz CT molecular complexity index is 1260. The van der Waals surface area contributed by atoms with Gasteiger partial charge in [0.05, 0.1) is 18.8 Å². The molecule has 1 aliphatic heterocycles. The maximum Gasteiger partial charge on any atom is 0.338 e. The quantitative estimate of drug-likeness (QED) is 0.234. The van der Waals surface area contributed by atoms with Gasteiger partial charge in [0.1, 0.15) is 12.6 Å². The number of hydrogen-bond donors (Lipinski definition) is 1. The minimum absolute atomic E-state index is 0.274. The number of thioether (sulfide) groups is 1. The lowest BCUT2D eigenvalue weighted by Crippen LogP contribution is -2.29. The van der Waals surface area contributed by atoms with Crippen molar-refractivity contribution >= 4 is 39.6 Å². The van der Waals surface area contributed by atoms with Gasteiger partial charge in [-0.15, -0.1) is 5.10 Å². The number of carbonyl (C=O) groups excluding carboxylic acids is 1. The molecule has 0 aliphatic carbocycles. The number of fused-ring (bicyclic) bond motifs is 1. The monoisotopic (exact) mass is 572 g/mol. The van der Waals surface area contributed by atoms with Gasteiger partial charge in [-0.05, 0) is 61.9 Å². The summed E-state index contributed by atoms with van der Waals surface area (Å²) in [6.07, 6.45) is 0.